The Kier molecular flexibility index (Phi) is 9.95. The first-order valence-electron chi connectivity index (χ1n) is 10.3. The Morgan fingerprint density at radius 3 is 2.38 bits per heavy atom. The van der Waals surface area contributed by atoms with Crippen LogP contribution in [0.2, 0.25) is 0 Å². The fourth-order valence-corrected chi connectivity index (χ4v) is 3.48. The number of likely N-dealkylation sites (tertiary alicyclic amines) is 1. The molecule has 0 bridgehead atoms. The first-order valence-corrected chi connectivity index (χ1v) is 10.3. The number of aliphatic imine (C=N–C) groups is 1. The molecule has 1 heterocycles. The molecule has 1 aromatic carbocycles. The van der Waals surface area contributed by atoms with E-state index in [1.54, 1.807) is 0 Å². The van der Waals surface area contributed by atoms with E-state index in [0.717, 1.165) is 38.6 Å². The first kappa shape index (κ1) is 20.6. The molecule has 0 aromatic heterocycles. The van der Waals surface area contributed by atoms with E-state index >= 15 is 0 Å². The number of anilines is 1. The number of nitrogens with one attached hydrogen (secondary N) is 2. The van der Waals surface area contributed by atoms with E-state index < -0.39 is 0 Å². The molecule has 0 amide bonds. The maximum atomic E-state index is 4.33. The highest BCUT2D eigenvalue weighted by atomic mass is 15.2. The lowest BCUT2D eigenvalue weighted by Crippen LogP contribution is -2.39. The third kappa shape index (κ3) is 7.65. The number of hydrogen-bond acceptors (Lipinski definition) is 3. The van der Waals surface area contributed by atoms with Gasteiger partial charge in [-0.3, -0.25) is 4.99 Å². The number of benzene rings is 1. The second kappa shape index (κ2) is 12.6. The van der Waals surface area contributed by atoms with Crippen LogP contribution in [0.3, 0.4) is 0 Å². The molecule has 0 atom stereocenters. The second-order valence-electron chi connectivity index (χ2n) is 6.95. The molecular formula is C21H37N5. The van der Waals surface area contributed by atoms with Gasteiger partial charge in [0.2, 0.25) is 0 Å². The van der Waals surface area contributed by atoms with Gasteiger partial charge < -0.3 is 20.4 Å². The van der Waals surface area contributed by atoms with Crippen LogP contribution >= 0.6 is 0 Å². The van der Waals surface area contributed by atoms with Crippen LogP contribution in [0.1, 0.15) is 39.0 Å². The SMILES string of the molecule is CCN(CCCNC(=NC)NCCCCN1CCCC1)c1ccccc1. The minimum atomic E-state index is 0.925. The molecule has 1 saturated heterocycles. The summed E-state index contributed by atoms with van der Waals surface area (Å²) in [7, 11) is 1.85. The largest absolute Gasteiger partial charge is 0.372 e. The number of para-hydroxylation sites is 1. The van der Waals surface area contributed by atoms with Crippen LogP contribution in [0.25, 0.3) is 0 Å². The van der Waals surface area contributed by atoms with Crippen molar-refractivity contribution in [2.24, 2.45) is 4.99 Å². The average molecular weight is 360 g/mol. The lowest BCUT2D eigenvalue weighted by Gasteiger charge is -2.23. The summed E-state index contributed by atoms with van der Waals surface area (Å²) in [5, 5.41) is 6.87. The van der Waals surface area contributed by atoms with Gasteiger partial charge in [0.15, 0.2) is 5.96 Å². The van der Waals surface area contributed by atoms with Gasteiger partial charge in [-0.15, -0.1) is 0 Å². The molecule has 0 radical (unpaired) electrons. The highest BCUT2D eigenvalue weighted by Gasteiger charge is 2.10. The van der Waals surface area contributed by atoms with Gasteiger partial charge in [-0.1, -0.05) is 18.2 Å². The number of hydrogen-bond donors (Lipinski definition) is 2. The van der Waals surface area contributed by atoms with Crippen LogP contribution < -0.4 is 15.5 Å². The van der Waals surface area contributed by atoms with E-state index in [9.17, 15) is 0 Å². The Balaban J connectivity index is 1.53. The Labute approximate surface area is 159 Å². The van der Waals surface area contributed by atoms with Gasteiger partial charge in [-0.05, 0) is 70.8 Å². The predicted octanol–water partition coefficient (Wildman–Crippen LogP) is 2.94. The van der Waals surface area contributed by atoms with Gasteiger partial charge in [0, 0.05) is 38.9 Å². The van der Waals surface area contributed by atoms with Crippen LogP contribution in [0.4, 0.5) is 5.69 Å². The highest BCUT2D eigenvalue weighted by molar-refractivity contribution is 5.79. The van der Waals surface area contributed by atoms with Crippen molar-refractivity contribution >= 4 is 11.6 Å². The number of nitrogens with zero attached hydrogens (tertiary/aromatic N) is 3. The lowest BCUT2D eigenvalue weighted by molar-refractivity contribution is 0.330. The van der Waals surface area contributed by atoms with Crippen molar-refractivity contribution in [3.63, 3.8) is 0 Å². The van der Waals surface area contributed by atoms with Crippen LogP contribution in [-0.2, 0) is 0 Å². The minimum absolute atomic E-state index is 0.925. The fourth-order valence-electron chi connectivity index (χ4n) is 3.48. The van der Waals surface area contributed by atoms with Crippen molar-refractivity contribution in [2.75, 3.05) is 57.8 Å². The summed E-state index contributed by atoms with van der Waals surface area (Å²) in [5.41, 5.74) is 1.30. The summed E-state index contributed by atoms with van der Waals surface area (Å²) in [6.45, 7) is 10.1. The van der Waals surface area contributed by atoms with E-state index in [0.29, 0.717) is 0 Å². The molecule has 26 heavy (non-hydrogen) atoms. The first-order chi connectivity index (χ1) is 12.8. The van der Waals surface area contributed by atoms with Crippen molar-refractivity contribution in [1.29, 1.82) is 0 Å². The van der Waals surface area contributed by atoms with E-state index in [1.807, 2.05) is 7.05 Å². The topological polar surface area (TPSA) is 42.9 Å². The molecule has 1 aliphatic heterocycles. The van der Waals surface area contributed by atoms with Gasteiger partial charge >= 0.3 is 0 Å². The standard InChI is InChI=1S/C21H37N5/c1-3-26(20-12-5-4-6-13-20)19-11-15-24-21(22-2)23-14-7-8-16-25-17-9-10-18-25/h4-6,12-13H,3,7-11,14-19H2,1-2H3,(H2,22,23,24). The number of rotatable bonds is 11. The molecule has 5 nitrogen and oxygen atoms in total. The van der Waals surface area contributed by atoms with E-state index in [2.05, 4.69) is 62.7 Å². The molecule has 1 aliphatic rings. The second-order valence-corrected chi connectivity index (χ2v) is 6.95. The smallest absolute Gasteiger partial charge is 0.190 e. The normalized spacial score (nSPS) is 15.2. The van der Waals surface area contributed by atoms with Gasteiger partial charge in [-0.2, -0.15) is 0 Å². The summed E-state index contributed by atoms with van der Waals surface area (Å²) < 4.78 is 0. The molecule has 0 unspecified atom stereocenters. The van der Waals surface area contributed by atoms with E-state index in [4.69, 9.17) is 0 Å². The summed E-state index contributed by atoms with van der Waals surface area (Å²) >= 11 is 0. The maximum absolute atomic E-state index is 4.33. The molecule has 0 aliphatic carbocycles. The Morgan fingerprint density at radius 2 is 1.73 bits per heavy atom. The number of guanidine groups is 1. The van der Waals surface area contributed by atoms with Crippen LogP contribution in [0, 0.1) is 0 Å². The molecule has 2 rings (SSSR count). The van der Waals surface area contributed by atoms with E-state index in [-0.39, 0.29) is 0 Å². The third-order valence-electron chi connectivity index (χ3n) is 5.02. The lowest BCUT2D eigenvalue weighted by atomic mass is 10.2. The predicted molar refractivity (Wildman–Crippen MR) is 113 cm³/mol. The fraction of sp³-hybridized carbons (Fsp3) is 0.667. The number of unbranched alkanes of at least 4 members (excludes halogenated alkanes) is 1. The highest BCUT2D eigenvalue weighted by Crippen LogP contribution is 2.12. The third-order valence-corrected chi connectivity index (χ3v) is 5.02. The van der Waals surface area contributed by atoms with Crippen LogP contribution in [0.15, 0.2) is 35.3 Å². The summed E-state index contributed by atoms with van der Waals surface area (Å²) in [6, 6.07) is 10.6. The molecule has 146 valence electrons. The van der Waals surface area contributed by atoms with Gasteiger partial charge in [-0.25, -0.2) is 0 Å². The summed E-state index contributed by atoms with van der Waals surface area (Å²) in [5.74, 6) is 0.925. The molecule has 1 fully saturated rings. The Morgan fingerprint density at radius 1 is 1.04 bits per heavy atom. The quantitative estimate of drug-likeness (QED) is 0.362. The van der Waals surface area contributed by atoms with Gasteiger partial charge in [0.1, 0.15) is 0 Å². The molecule has 0 spiro atoms. The van der Waals surface area contributed by atoms with Crippen LogP contribution in [0.5, 0.6) is 0 Å². The molecule has 2 N–H and O–H groups in total. The van der Waals surface area contributed by atoms with Gasteiger partial charge in [0.05, 0.1) is 0 Å². The molecule has 5 heteroatoms. The Hall–Kier alpha value is -1.75. The van der Waals surface area contributed by atoms with Crippen molar-refractivity contribution in [1.82, 2.24) is 15.5 Å². The monoisotopic (exact) mass is 359 g/mol. The van der Waals surface area contributed by atoms with Gasteiger partial charge in [0.25, 0.3) is 0 Å². The zero-order chi connectivity index (χ0) is 18.5. The van der Waals surface area contributed by atoms with Crippen molar-refractivity contribution in [3.8, 4) is 0 Å². The molecule has 0 saturated carbocycles. The average Bonchev–Trinajstić information content (AvgIpc) is 3.20. The van der Waals surface area contributed by atoms with Crippen molar-refractivity contribution < 1.29 is 0 Å². The van der Waals surface area contributed by atoms with E-state index in [1.165, 1.54) is 51.0 Å². The zero-order valence-electron chi connectivity index (χ0n) is 16.7. The van der Waals surface area contributed by atoms with Crippen molar-refractivity contribution in [3.05, 3.63) is 30.3 Å². The van der Waals surface area contributed by atoms with Crippen molar-refractivity contribution in [2.45, 2.75) is 39.0 Å². The Bertz CT molecular complexity index is 496. The maximum Gasteiger partial charge on any atom is 0.190 e. The minimum Gasteiger partial charge on any atom is -0.372 e. The zero-order valence-corrected chi connectivity index (χ0v) is 16.7. The van der Waals surface area contributed by atoms with Crippen LogP contribution in [-0.4, -0.2) is 63.7 Å². The molecule has 1 aromatic rings. The summed E-state index contributed by atoms with van der Waals surface area (Å²) in [4.78, 5) is 9.32. The summed E-state index contributed by atoms with van der Waals surface area (Å²) in [6.07, 6.45) is 6.34. The molecular weight excluding hydrogens is 322 g/mol.